The molecule has 1 aromatic carbocycles. The van der Waals surface area contributed by atoms with E-state index in [-0.39, 0.29) is 6.09 Å². The van der Waals surface area contributed by atoms with E-state index in [1.165, 1.54) is 6.07 Å². The van der Waals surface area contributed by atoms with Gasteiger partial charge >= 0.3 is 6.09 Å². The Morgan fingerprint density at radius 1 is 1.15 bits per heavy atom. The van der Waals surface area contributed by atoms with Gasteiger partial charge in [-0.15, -0.1) is 0 Å². The lowest BCUT2D eigenvalue weighted by atomic mass is 10.3. The van der Waals surface area contributed by atoms with Gasteiger partial charge in [-0.2, -0.15) is 0 Å². The third-order valence-corrected chi connectivity index (χ3v) is 4.15. The molecule has 0 unspecified atom stereocenters. The second-order valence-corrected chi connectivity index (χ2v) is 6.09. The van der Waals surface area contributed by atoms with Crippen LogP contribution in [-0.4, -0.2) is 53.7 Å². The lowest BCUT2D eigenvalue weighted by molar-refractivity contribution is 0.105. The highest BCUT2D eigenvalue weighted by Crippen LogP contribution is 2.22. The monoisotopic (exact) mass is 377 g/mol. The molecule has 7 nitrogen and oxygen atoms in total. The molecule has 1 N–H and O–H groups in total. The smallest absolute Gasteiger partial charge is 0.409 e. The topological polar surface area (TPSA) is 70.6 Å². The third kappa shape index (κ3) is 4.60. The number of aromatic nitrogens is 2. The van der Waals surface area contributed by atoms with Crippen LogP contribution in [0, 0.1) is 18.6 Å². The van der Waals surface area contributed by atoms with E-state index in [2.05, 4.69) is 15.3 Å². The van der Waals surface area contributed by atoms with Crippen LogP contribution in [0.5, 0.6) is 0 Å². The first kappa shape index (κ1) is 18.8. The summed E-state index contributed by atoms with van der Waals surface area (Å²) in [5.74, 6) is -0.0986. The maximum absolute atomic E-state index is 13.4. The van der Waals surface area contributed by atoms with Gasteiger partial charge in [-0.1, -0.05) is 0 Å². The Morgan fingerprint density at radius 3 is 2.56 bits per heavy atom. The first-order chi connectivity index (χ1) is 13.0. The Morgan fingerprint density at radius 2 is 1.89 bits per heavy atom. The van der Waals surface area contributed by atoms with Crippen molar-refractivity contribution in [2.75, 3.05) is 43.0 Å². The van der Waals surface area contributed by atoms with Crippen LogP contribution in [0.25, 0.3) is 0 Å². The van der Waals surface area contributed by atoms with E-state index in [9.17, 15) is 13.6 Å². The predicted molar refractivity (Wildman–Crippen MR) is 97.2 cm³/mol. The highest BCUT2D eigenvalue weighted by atomic mass is 19.2. The van der Waals surface area contributed by atoms with Gasteiger partial charge in [0.25, 0.3) is 0 Å². The molecule has 0 spiro atoms. The normalized spacial score (nSPS) is 14.2. The van der Waals surface area contributed by atoms with Gasteiger partial charge in [0.15, 0.2) is 11.6 Å². The summed E-state index contributed by atoms with van der Waals surface area (Å²) in [5, 5.41) is 2.97. The summed E-state index contributed by atoms with van der Waals surface area (Å²) in [6.07, 6.45) is -0.309. The fraction of sp³-hybridized carbons (Fsp3) is 0.389. The maximum Gasteiger partial charge on any atom is 0.409 e. The van der Waals surface area contributed by atoms with Gasteiger partial charge in [0.2, 0.25) is 0 Å². The number of nitrogens with one attached hydrogen (secondary N) is 1. The molecule has 2 heterocycles. The van der Waals surface area contributed by atoms with Gasteiger partial charge < -0.3 is 19.9 Å². The van der Waals surface area contributed by atoms with Crippen molar-refractivity contribution in [3.8, 4) is 0 Å². The van der Waals surface area contributed by atoms with E-state index in [1.807, 2.05) is 4.90 Å². The summed E-state index contributed by atoms with van der Waals surface area (Å²) >= 11 is 0. The van der Waals surface area contributed by atoms with Crippen molar-refractivity contribution < 1.29 is 18.3 Å². The fourth-order valence-electron chi connectivity index (χ4n) is 2.83. The van der Waals surface area contributed by atoms with E-state index in [0.29, 0.717) is 55.9 Å². The second kappa shape index (κ2) is 8.15. The van der Waals surface area contributed by atoms with Gasteiger partial charge in [0, 0.05) is 44.0 Å². The number of piperazine rings is 1. The molecule has 0 bridgehead atoms. The molecular weight excluding hydrogens is 356 g/mol. The molecule has 0 atom stereocenters. The van der Waals surface area contributed by atoms with Crippen LogP contribution in [0.1, 0.15) is 12.7 Å². The molecule has 0 aliphatic carbocycles. The molecule has 0 saturated carbocycles. The van der Waals surface area contributed by atoms with Crippen molar-refractivity contribution >= 4 is 23.4 Å². The zero-order valence-corrected chi connectivity index (χ0v) is 15.2. The van der Waals surface area contributed by atoms with E-state index in [0.717, 1.165) is 12.1 Å². The number of aryl methyl sites for hydroxylation is 1. The number of carbonyl (C=O) groups is 1. The van der Waals surface area contributed by atoms with Crippen LogP contribution < -0.4 is 10.2 Å². The second-order valence-electron chi connectivity index (χ2n) is 6.09. The summed E-state index contributed by atoms with van der Waals surface area (Å²) in [7, 11) is 0. The molecular formula is C18H21F2N5O2. The van der Waals surface area contributed by atoms with E-state index >= 15 is 0 Å². The third-order valence-electron chi connectivity index (χ3n) is 4.15. The molecule has 1 aromatic heterocycles. The minimum absolute atomic E-state index is 0.309. The number of halogens is 2. The van der Waals surface area contributed by atoms with Crippen LogP contribution in [0.15, 0.2) is 24.3 Å². The van der Waals surface area contributed by atoms with Crippen molar-refractivity contribution in [2.45, 2.75) is 13.8 Å². The number of hydrogen-bond donors (Lipinski definition) is 1. The van der Waals surface area contributed by atoms with Crippen LogP contribution in [-0.2, 0) is 4.74 Å². The van der Waals surface area contributed by atoms with Gasteiger partial charge in [0.05, 0.1) is 6.61 Å². The minimum Gasteiger partial charge on any atom is -0.450 e. The van der Waals surface area contributed by atoms with Crippen LogP contribution in [0.4, 0.5) is 30.9 Å². The van der Waals surface area contributed by atoms with E-state index < -0.39 is 11.6 Å². The number of nitrogens with zero attached hydrogens (tertiary/aromatic N) is 4. The predicted octanol–water partition coefficient (Wildman–Crippen LogP) is 3.09. The Labute approximate surface area is 156 Å². The number of carbonyl (C=O) groups excluding carboxylic acids is 1. The first-order valence-electron chi connectivity index (χ1n) is 8.70. The summed E-state index contributed by atoms with van der Waals surface area (Å²) in [5.41, 5.74) is 0.394. The Bertz CT molecular complexity index is 825. The van der Waals surface area contributed by atoms with Crippen molar-refractivity contribution in [3.63, 3.8) is 0 Å². The average molecular weight is 377 g/mol. The summed E-state index contributed by atoms with van der Waals surface area (Å²) in [6, 6.07) is 5.31. The lowest BCUT2D eigenvalue weighted by Crippen LogP contribution is -2.49. The zero-order valence-electron chi connectivity index (χ0n) is 15.2. The average Bonchev–Trinajstić information content (AvgIpc) is 2.65. The van der Waals surface area contributed by atoms with Gasteiger partial charge in [-0.3, -0.25) is 0 Å². The zero-order chi connectivity index (χ0) is 19.4. The summed E-state index contributed by atoms with van der Waals surface area (Å²) in [4.78, 5) is 24.2. The molecule has 1 aliphatic rings. The first-order valence-corrected chi connectivity index (χ1v) is 8.70. The molecule has 9 heteroatoms. The Hall–Kier alpha value is -2.97. The Balaban J connectivity index is 1.70. The molecule has 2 aromatic rings. The van der Waals surface area contributed by atoms with E-state index in [1.54, 1.807) is 24.8 Å². The summed E-state index contributed by atoms with van der Waals surface area (Å²) in [6.45, 7) is 6.18. The van der Waals surface area contributed by atoms with Crippen molar-refractivity contribution in [2.24, 2.45) is 0 Å². The molecule has 0 radical (unpaired) electrons. The number of rotatable bonds is 4. The van der Waals surface area contributed by atoms with Crippen LogP contribution >= 0.6 is 0 Å². The van der Waals surface area contributed by atoms with Crippen LogP contribution in [0.2, 0.25) is 0 Å². The van der Waals surface area contributed by atoms with Crippen LogP contribution in [0.3, 0.4) is 0 Å². The standard InChI is InChI=1S/C18H21F2N5O2/c1-3-27-18(26)25-8-6-24(7-9-25)17-11-16(21-12(2)22-17)23-13-4-5-14(19)15(20)10-13/h4-5,10-11H,3,6-9H2,1-2H3,(H,21,22,23). The molecule has 1 aliphatic heterocycles. The van der Waals surface area contributed by atoms with Crippen molar-refractivity contribution in [3.05, 3.63) is 41.7 Å². The van der Waals surface area contributed by atoms with E-state index in [4.69, 9.17) is 4.74 Å². The highest BCUT2D eigenvalue weighted by molar-refractivity contribution is 5.68. The molecule has 1 fully saturated rings. The largest absolute Gasteiger partial charge is 0.450 e. The Kier molecular flexibility index (Phi) is 5.68. The molecule has 1 amide bonds. The van der Waals surface area contributed by atoms with Crippen molar-refractivity contribution in [1.29, 1.82) is 0 Å². The minimum atomic E-state index is -0.930. The number of benzene rings is 1. The molecule has 1 saturated heterocycles. The fourth-order valence-corrected chi connectivity index (χ4v) is 2.83. The number of hydrogen-bond acceptors (Lipinski definition) is 6. The molecule has 144 valence electrons. The summed E-state index contributed by atoms with van der Waals surface area (Å²) < 4.78 is 31.5. The highest BCUT2D eigenvalue weighted by Gasteiger charge is 2.23. The molecule has 3 rings (SSSR count). The van der Waals surface area contributed by atoms with Crippen molar-refractivity contribution in [1.82, 2.24) is 14.9 Å². The van der Waals surface area contributed by atoms with Gasteiger partial charge in [0.1, 0.15) is 17.5 Å². The number of ether oxygens (including phenoxy) is 1. The molecule has 27 heavy (non-hydrogen) atoms. The maximum atomic E-state index is 13.4. The number of anilines is 3. The van der Waals surface area contributed by atoms with Gasteiger partial charge in [-0.25, -0.2) is 23.5 Å². The van der Waals surface area contributed by atoms with Gasteiger partial charge in [-0.05, 0) is 26.0 Å². The number of amides is 1. The quantitative estimate of drug-likeness (QED) is 0.883. The lowest BCUT2D eigenvalue weighted by Gasteiger charge is -2.34. The SMILES string of the molecule is CCOC(=O)N1CCN(c2cc(Nc3ccc(F)c(F)c3)nc(C)n2)CC1.